The molecular formula is C21H36N3O7+. The SMILES string of the molecule is COCCc1ccc(OCC(O)C[N+](C)(C)CCNC(=O)CCCCO[N+](=O)[O-])cc1. The molecule has 0 saturated heterocycles. The Bertz CT molecular complexity index is 653. The van der Waals surface area contributed by atoms with Crippen molar-refractivity contribution < 1.29 is 33.8 Å². The highest BCUT2D eigenvalue weighted by molar-refractivity contribution is 5.75. The summed E-state index contributed by atoms with van der Waals surface area (Å²) in [7, 11) is 5.64. The lowest BCUT2D eigenvalue weighted by atomic mass is 10.1. The van der Waals surface area contributed by atoms with Crippen LogP contribution in [0.25, 0.3) is 0 Å². The molecule has 0 bridgehead atoms. The molecule has 0 aliphatic carbocycles. The minimum atomic E-state index is -0.834. The number of carbonyl (C=O) groups is 1. The molecule has 1 amide bonds. The van der Waals surface area contributed by atoms with Gasteiger partial charge in [-0.3, -0.25) is 4.79 Å². The molecule has 176 valence electrons. The van der Waals surface area contributed by atoms with E-state index in [-0.39, 0.29) is 19.1 Å². The van der Waals surface area contributed by atoms with Gasteiger partial charge in [0.05, 0.1) is 40.4 Å². The Kier molecular flexibility index (Phi) is 12.5. The Morgan fingerprint density at radius 3 is 2.58 bits per heavy atom. The van der Waals surface area contributed by atoms with E-state index in [1.807, 2.05) is 38.4 Å². The Morgan fingerprint density at radius 2 is 1.94 bits per heavy atom. The number of likely N-dealkylation sites (N-methyl/N-ethyl adjacent to an activating group) is 1. The summed E-state index contributed by atoms with van der Waals surface area (Å²) in [6, 6.07) is 7.74. The second-order valence-electron chi connectivity index (χ2n) is 8.06. The molecule has 2 N–H and O–H groups in total. The highest BCUT2D eigenvalue weighted by Crippen LogP contribution is 2.13. The Labute approximate surface area is 183 Å². The van der Waals surface area contributed by atoms with Crippen LogP contribution in [0.2, 0.25) is 0 Å². The zero-order chi connectivity index (χ0) is 23.1. The maximum absolute atomic E-state index is 11.8. The zero-order valence-corrected chi connectivity index (χ0v) is 18.7. The van der Waals surface area contributed by atoms with Crippen LogP contribution in [0.3, 0.4) is 0 Å². The van der Waals surface area contributed by atoms with Crippen molar-refractivity contribution in [1.82, 2.24) is 5.32 Å². The number of nitrogens with zero attached hydrogens (tertiary/aromatic N) is 2. The number of carbonyl (C=O) groups excluding carboxylic acids is 1. The standard InChI is InChI=1S/C21H35N3O7/c1-24(2,13-12-22-21(26)6-4-5-14-31-23(27)28)16-19(25)17-30-20-9-7-18(8-10-20)11-15-29-3/h7-10,19,25H,4-6,11-17H2,1-3H3/p+1. The number of amides is 1. The van der Waals surface area contributed by atoms with Gasteiger partial charge in [0.25, 0.3) is 5.09 Å². The van der Waals surface area contributed by atoms with E-state index in [1.54, 1.807) is 7.11 Å². The topological polar surface area (TPSA) is 120 Å². The van der Waals surface area contributed by atoms with Gasteiger partial charge in [0.2, 0.25) is 5.91 Å². The first kappa shape index (κ1) is 26.6. The number of benzene rings is 1. The van der Waals surface area contributed by atoms with Crippen molar-refractivity contribution in [3.05, 3.63) is 39.9 Å². The fourth-order valence-corrected chi connectivity index (χ4v) is 2.99. The van der Waals surface area contributed by atoms with Crippen LogP contribution in [0, 0.1) is 10.1 Å². The molecule has 10 heteroatoms. The molecule has 0 heterocycles. The lowest BCUT2D eigenvalue weighted by Crippen LogP contribution is -2.50. The summed E-state index contributed by atoms with van der Waals surface area (Å²) in [6.07, 6.45) is 1.49. The maximum atomic E-state index is 11.8. The fourth-order valence-electron chi connectivity index (χ4n) is 2.99. The van der Waals surface area contributed by atoms with Gasteiger partial charge in [0.1, 0.15) is 25.0 Å². The van der Waals surface area contributed by atoms with E-state index in [1.165, 1.54) is 5.56 Å². The summed E-state index contributed by atoms with van der Waals surface area (Å²) in [5.74, 6) is 0.611. The zero-order valence-electron chi connectivity index (χ0n) is 18.7. The third kappa shape index (κ3) is 13.5. The van der Waals surface area contributed by atoms with Gasteiger partial charge in [-0.05, 0) is 37.0 Å². The first-order valence-electron chi connectivity index (χ1n) is 10.5. The molecule has 10 nitrogen and oxygen atoms in total. The molecular weight excluding hydrogens is 406 g/mol. The largest absolute Gasteiger partial charge is 0.491 e. The van der Waals surface area contributed by atoms with Gasteiger partial charge in [0.15, 0.2) is 0 Å². The Balaban J connectivity index is 2.21. The lowest BCUT2D eigenvalue weighted by Gasteiger charge is -2.31. The number of ether oxygens (including phenoxy) is 2. The molecule has 1 aromatic carbocycles. The van der Waals surface area contributed by atoms with Gasteiger partial charge in [-0.1, -0.05) is 12.1 Å². The van der Waals surface area contributed by atoms with Crippen molar-refractivity contribution >= 4 is 5.91 Å². The van der Waals surface area contributed by atoms with E-state index in [9.17, 15) is 20.0 Å². The molecule has 0 spiro atoms. The van der Waals surface area contributed by atoms with Crippen LogP contribution < -0.4 is 10.1 Å². The van der Waals surface area contributed by atoms with Gasteiger partial charge in [-0.25, -0.2) is 0 Å². The van der Waals surface area contributed by atoms with Crippen LogP contribution in [0.15, 0.2) is 24.3 Å². The second-order valence-corrected chi connectivity index (χ2v) is 8.06. The molecule has 1 aromatic rings. The molecule has 0 fully saturated rings. The average Bonchev–Trinajstić information content (AvgIpc) is 2.70. The summed E-state index contributed by atoms with van der Waals surface area (Å²) in [5.41, 5.74) is 1.17. The summed E-state index contributed by atoms with van der Waals surface area (Å²) in [6.45, 7) is 2.49. The third-order valence-corrected chi connectivity index (χ3v) is 4.70. The van der Waals surface area contributed by atoms with E-state index in [4.69, 9.17) is 9.47 Å². The highest BCUT2D eigenvalue weighted by Gasteiger charge is 2.21. The molecule has 0 radical (unpaired) electrons. The van der Waals surface area contributed by atoms with Crippen LogP contribution in [0.1, 0.15) is 24.8 Å². The highest BCUT2D eigenvalue weighted by atomic mass is 16.9. The van der Waals surface area contributed by atoms with Gasteiger partial charge in [-0.15, -0.1) is 10.1 Å². The first-order valence-corrected chi connectivity index (χ1v) is 10.5. The van der Waals surface area contributed by atoms with Crippen LogP contribution in [0.5, 0.6) is 5.75 Å². The summed E-state index contributed by atoms with van der Waals surface area (Å²) in [4.78, 5) is 26.1. The van der Waals surface area contributed by atoms with Crippen LogP contribution in [0.4, 0.5) is 0 Å². The number of aliphatic hydroxyl groups is 1. The van der Waals surface area contributed by atoms with Gasteiger partial charge < -0.3 is 29.2 Å². The second kappa shape index (κ2) is 14.6. The molecule has 0 aliphatic rings. The summed E-state index contributed by atoms with van der Waals surface area (Å²) >= 11 is 0. The number of unbranched alkanes of at least 4 members (excludes halogenated alkanes) is 1. The van der Waals surface area contributed by atoms with E-state index in [0.717, 1.165) is 6.42 Å². The number of aliphatic hydroxyl groups excluding tert-OH is 1. The van der Waals surface area contributed by atoms with Crippen molar-refractivity contribution in [2.45, 2.75) is 31.8 Å². The first-order chi connectivity index (χ1) is 14.7. The van der Waals surface area contributed by atoms with Crippen molar-refractivity contribution in [1.29, 1.82) is 0 Å². The van der Waals surface area contributed by atoms with Crippen molar-refractivity contribution in [3.63, 3.8) is 0 Å². The molecule has 1 unspecified atom stereocenters. The van der Waals surface area contributed by atoms with Crippen molar-refractivity contribution in [2.24, 2.45) is 0 Å². The fraction of sp³-hybridized carbons (Fsp3) is 0.667. The van der Waals surface area contributed by atoms with Gasteiger partial charge in [0, 0.05) is 13.5 Å². The number of nitrogens with one attached hydrogen (secondary N) is 1. The average molecular weight is 443 g/mol. The number of quaternary nitrogens is 1. The van der Waals surface area contributed by atoms with Gasteiger partial charge in [-0.2, -0.15) is 0 Å². The molecule has 1 atom stereocenters. The molecule has 1 rings (SSSR count). The maximum Gasteiger partial charge on any atom is 0.294 e. The smallest absolute Gasteiger partial charge is 0.294 e. The monoisotopic (exact) mass is 442 g/mol. The molecule has 0 aromatic heterocycles. The van der Waals surface area contributed by atoms with E-state index >= 15 is 0 Å². The predicted molar refractivity (Wildman–Crippen MR) is 115 cm³/mol. The molecule has 0 aliphatic heterocycles. The minimum Gasteiger partial charge on any atom is -0.491 e. The number of hydrogen-bond acceptors (Lipinski definition) is 7. The lowest BCUT2D eigenvalue weighted by molar-refractivity contribution is -0.892. The summed E-state index contributed by atoms with van der Waals surface area (Å²) in [5, 5.41) is 22.4. The summed E-state index contributed by atoms with van der Waals surface area (Å²) < 4.78 is 11.3. The quantitative estimate of drug-likeness (QED) is 0.161. The van der Waals surface area contributed by atoms with Crippen molar-refractivity contribution in [2.75, 3.05) is 60.7 Å². The molecule has 31 heavy (non-hydrogen) atoms. The van der Waals surface area contributed by atoms with Crippen LogP contribution in [-0.4, -0.2) is 87.3 Å². The molecule has 0 saturated carbocycles. The predicted octanol–water partition coefficient (Wildman–Crippen LogP) is 1.19. The van der Waals surface area contributed by atoms with Crippen molar-refractivity contribution in [3.8, 4) is 5.75 Å². The number of methoxy groups -OCH3 is 1. The third-order valence-electron chi connectivity index (χ3n) is 4.70. The van der Waals surface area contributed by atoms with E-state index in [0.29, 0.717) is 55.7 Å². The number of rotatable bonds is 17. The Hall–Kier alpha value is -2.43. The van der Waals surface area contributed by atoms with E-state index < -0.39 is 11.2 Å². The van der Waals surface area contributed by atoms with Crippen LogP contribution in [-0.2, 0) is 20.8 Å². The normalized spacial score (nSPS) is 12.3. The van der Waals surface area contributed by atoms with E-state index in [2.05, 4.69) is 10.2 Å². The Morgan fingerprint density at radius 1 is 1.23 bits per heavy atom. The minimum absolute atomic E-state index is 0.00210. The number of hydrogen-bond donors (Lipinski definition) is 2. The van der Waals surface area contributed by atoms with Gasteiger partial charge >= 0.3 is 0 Å². The van der Waals surface area contributed by atoms with Crippen LogP contribution >= 0.6 is 0 Å².